The van der Waals surface area contributed by atoms with Crippen LogP contribution in [0.5, 0.6) is 0 Å². The van der Waals surface area contributed by atoms with Crippen LogP contribution in [-0.4, -0.2) is 14.9 Å². The van der Waals surface area contributed by atoms with Crippen LogP contribution in [0.3, 0.4) is 0 Å². The van der Waals surface area contributed by atoms with Crippen LogP contribution in [0.25, 0.3) is 0 Å². The Labute approximate surface area is 152 Å². The molecule has 0 aromatic heterocycles. The molecule has 0 spiro atoms. The number of hydrogen-bond acceptors (Lipinski definition) is 1. The first-order valence-corrected chi connectivity index (χ1v) is 9.38. The fraction of sp³-hybridized carbons (Fsp3) is 0.0500. The summed E-state index contributed by atoms with van der Waals surface area (Å²) >= 11 is 0. The van der Waals surface area contributed by atoms with Gasteiger partial charge in [0.05, 0.1) is 0 Å². The number of rotatable bonds is 5. The van der Waals surface area contributed by atoms with E-state index in [0.29, 0.717) is 6.61 Å². The molecular formula is C20H19OSiZn-. The summed E-state index contributed by atoms with van der Waals surface area (Å²) in [6, 6.07) is 31.6. The summed E-state index contributed by atoms with van der Waals surface area (Å²) in [5.74, 6) is 0. The molecule has 112 valence electrons. The van der Waals surface area contributed by atoms with E-state index < -0.39 is 8.32 Å². The topological polar surface area (TPSA) is 9.23 Å². The molecule has 3 rings (SSSR count). The molecule has 0 amide bonds. The third kappa shape index (κ3) is 3.53. The quantitative estimate of drug-likeness (QED) is 0.382. The smallest absolute Gasteiger partial charge is 0.285 e. The number of hydrogen-bond donors (Lipinski definition) is 0. The monoisotopic (exact) mass is 367 g/mol. The fourth-order valence-corrected chi connectivity index (χ4v) is 6.71. The summed E-state index contributed by atoms with van der Waals surface area (Å²) in [5.41, 5.74) is 0. The zero-order chi connectivity index (χ0) is 15.3. The molecule has 3 aromatic rings. The second kappa shape index (κ2) is 8.35. The van der Waals surface area contributed by atoms with Gasteiger partial charge in [-0.3, -0.25) is 0 Å². The SMILES string of the molecule is [CH2-]CO[Si](c1ccccc1)(c1ccccc1)c1ccccc1.[Zn]. The van der Waals surface area contributed by atoms with Gasteiger partial charge >= 0.3 is 0 Å². The van der Waals surface area contributed by atoms with Crippen LogP contribution in [0.2, 0.25) is 0 Å². The van der Waals surface area contributed by atoms with Gasteiger partial charge in [-0.05, 0) is 15.6 Å². The van der Waals surface area contributed by atoms with Gasteiger partial charge in [-0.2, -0.15) is 0 Å². The predicted molar refractivity (Wildman–Crippen MR) is 95.3 cm³/mol. The minimum atomic E-state index is -2.49. The molecule has 23 heavy (non-hydrogen) atoms. The van der Waals surface area contributed by atoms with Crippen molar-refractivity contribution in [1.82, 2.24) is 0 Å². The Morgan fingerprint density at radius 3 is 1.17 bits per heavy atom. The molecule has 3 aromatic carbocycles. The van der Waals surface area contributed by atoms with Crippen molar-refractivity contribution in [2.24, 2.45) is 0 Å². The van der Waals surface area contributed by atoms with Crippen LogP contribution < -0.4 is 15.6 Å². The largest absolute Gasteiger partial charge is 0.437 e. The van der Waals surface area contributed by atoms with Gasteiger partial charge in [-0.25, -0.2) is 0 Å². The van der Waals surface area contributed by atoms with Crippen molar-refractivity contribution < 1.29 is 23.9 Å². The van der Waals surface area contributed by atoms with Gasteiger partial charge in [-0.15, -0.1) is 0 Å². The number of benzene rings is 3. The zero-order valence-corrected chi connectivity index (χ0v) is 17.2. The molecule has 0 aliphatic heterocycles. The van der Waals surface area contributed by atoms with Crippen molar-refractivity contribution in [2.75, 3.05) is 6.61 Å². The van der Waals surface area contributed by atoms with Crippen LogP contribution in [0.1, 0.15) is 0 Å². The van der Waals surface area contributed by atoms with Gasteiger partial charge in [0.1, 0.15) is 0 Å². The van der Waals surface area contributed by atoms with Gasteiger partial charge < -0.3 is 11.3 Å². The van der Waals surface area contributed by atoms with E-state index in [1.54, 1.807) is 0 Å². The van der Waals surface area contributed by atoms with Gasteiger partial charge in [0.15, 0.2) is 0 Å². The van der Waals surface area contributed by atoms with E-state index in [9.17, 15) is 0 Å². The van der Waals surface area contributed by atoms with Crippen molar-refractivity contribution in [3.05, 3.63) is 97.9 Å². The molecule has 0 fully saturated rings. The fourth-order valence-electron chi connectivity index (χ4n) is 2.92. The molecule has 0 saturated heterocycles. The summed E-state index contributed by atoms with van der Waals surface area (Å²) in [6.07, 6.45) is 0. The molecule has 0 aliphatic carbocycles. The molecule has 0 heterocycles. The molecule has 3 heteroatoms. The predicted octanol–water partition coefficient (Wildman–Crippen LogP) is 2.50. The first-order valence-electron chi connectivity index (χ1n) is 7.47. The summed E-state index contributed by atoms with van der Waals surface area (Å²) in [6.45, 7) is 4.41. The first kappa shape index (κ1) is 17.8. The molecule has 0 unspecified atom stereocenters. The second-order valence-corrected chi connectivity index (χ2v) is 8.51. The van der Waals surface area contributed by atoms with E-state index in [0.717, 1.165) is 0 Å². The summed E-state index contributed by atoms with van der Waals surface area (Å²) in [4.78, 5) is 0. The molecule has 0 bridgehead atoms. The average Bonchev–Trinajstić information content (AvgIpc) is 2.62. The van der Waals surface area contributed by atoms with E-state index in [-0.39, 0.29) is 19.5 Å². The first-order chi connectivity index (χ1) is 10.9. The maximum atomic E-state index is 6.42. The standard InChI is InChI=1S/C20H19OSi.Zn/c1-2-21-22(18-12-6-3-7-13-18,19-14-8-4-9-15-19)20-16-10-5-11-17-20;/h3-17H,1-2H2;/q-1;. The normalized spacial score (nSPS) is 10.8. The summed E-state index contributed by atoms with van der Waals surface area (Å²) < 4.78 is 6.42. The van der Waals surface area contributed by atoms with Crippen LogP contribution >= 0.6 is 0 Å². The van der Waals surface area contributed by atoms with Crippen molar-refractivity contribution in [3.8, 4) is 0 Å². The average molecular weight is 369 g/mol. The molecule has 0 atom stereocenters. The third-order valence-electron chi connectivity index (χ3n) is 3.86. The molecule has 0 aliphatic rings. The molecular weight excluding hydrogens is 350 g/mol. The van der Waals surface area contributed by atoms with Crippen molar-refractivity contribution in [1.29, 1.82) is 0 Å². The van der Waals surface area contributed by atoms with Crippen molar-refractivity contribution in [2.45, 2.75) is 0 Å². The Hall–Kier alpha value is -1.54. The van der Waals surface area contributed by atoms with Crippen molar-refractivity contribution >= 4 is 23.9 Å². The minimum absolute atomic E-state index is 0. The summed E-state index contributed by atoms with van der Waals surface area (Å²) in [7, 11) is -2.49. The Morgan fingerprint density at radius 2 is 0.913 bits per heavy atom. The van der Waals surface area contributed by atoms with Gasteiger partial charge in [0.2, 0.25) is 0 Å². The molecule has 1 nitrogen and oxygen atoms in total. The molecule has 0 saturated carbocycles. The Kier molecular flexibility index (Phi) is 6.47. The maximum absolute atomic E-state index is 6.42. The van der Waals surface area contributed by atoms with E-state index in [1.165, 1.54) is 15.6 Å². The van der Waals surface area contributed by atoms with Crippen LogP contribution in [-0.2, 0) is 23.9 Å². The summed E-state index contributed by atoms with van der Waals surface area (Å²) in [5, 5.41) is 3.74. The van der Waals surface area contributed by atoms with Gasteiger partial charge in [0.25, 0.3) is 8.32 Å². The molecule has 0 N–H and O–H groups in total. The Bertz CT molecular complexity index is 605. The molecule has 0 radical (unpaired) electrons. The second-order valence-electron chi connectivity index (χ2n) is 5.13. The maximum Gasteiger partial charge on any atom is 0.285 e. The van der Waals surface area contributed by atoms with E-state index in [4.69, 9.17) is 4.43 Å². The zero-order valence-electron chi connectivity index (χ0n) is 13.2. The van der Waals surface area contributed by atoms with Gasteiger partial charge in [-0.1, -0.05) is 97.6 Å². The Balaban J connectivity index is 0.00000192. The van der Waals surface area contributed by atoms with Crippen LogP contribution in [0.15, 0.2) is 91.0 Å². The van der Waals surface area contributed by atoms with Crippen LogP contribution in [0, 0.1) is 6.92 Å². The van der Waals surface area contributed by atoms with E-state index in [2.05, 4.69) is 79.7 Å². The Morgan fingerprint density at radius 1 is 0.609 bits per heavy atom. The minimum Gasteiger partial charge on any atom is -0.437 e. The van der Waals surface area contributed by atoms with E-state index >= 15 is 0 Å². The van der Waals surface area contributed by atoms with Crippen LogP contribution in [0.4, 0.5) is 0 Å². The van der Waals surface area contributed by atoms with Gasteiger partial charge in [0, 0.05) is 19.5 Å². The third-order valence-corrected chi connectivity index (χ3v) is 7.94. The van der Waals surface area contributed by atoms with Crippen molar-refractivity contribution in [3.63, 3.8) is 0 Å². The van der Waals surface area contributed by atoms with E-state index in [1.807, 2.05) is 18.2 Å².